The van der Waals surface area contributed by atoms with Crippen molar-refractivity contribution in [3.8, 4) is 0 Å². The number of amides is 2. The van der Waals surface area contributed by atoms with Gasteiger partial charge in [0.15, 0.2) is 0 Å². The van der Waals surface area contributed by atoms with Crippen molar-refractivity contribution >= 4 is 11.7 Å². The smallest absolute Gasteiger partial charge is 0.315 e. The van der Waals surface area contributed by atoms with Crippen molar-refractivity contribution in [1.82, 2.24) is 10.6 Å². The average Bonchev–Trinajstić information content (AvgIpc) is 2.53. The number of carbonyl (C=O) groups excluding carboxylic acids is 1. The number of anilines is 1. The lowest BCUT2D eigenvalue weighted by atomic mass is 10.1. The van der Waals surface area contributed by atoms with Gasteiger partial charge in [0.2, 0.25) is 0 Å². The molecule has 2 aromatic rings. The van der Waals surface area contributed by atoms with Crippen LogP contribution in [0.2, 0.25) is 0 Å². The number of hydrogen-bond acceptors (Lipinski definition) is 2. The Morgan fingerprint density at radius 3 is 2.54 bits per heavy atom. The molecule has 0 heterocycles. The Balaban J connectivity index is 1.76. The fourth-order valence-electron chi connectivity index (χ4n) is 2.46. The highest BCUT2D eigenvalue weighted by Crippen LogP contribution is 2.18. The van der Waals surface area contributed by atoms with E-state index in [2.05, 4.69) is 16.7 Å². The van der Waals surface area contributed by atoms with Gasteiger partial charge in [-0.2, -0.15) is 0 Å². The topological polar surface area (TPSA) is 44.4 Å². The molecular formula is C19H24FN3O. The minimum Gasteiger partial charge on any atom is -0.375 e. The first kappa shape index (κ1) is 17.8. The van der Waals surface area contributed by atoms with Crippen LogP contribution in [0.25, 0.3) is 0 Å². The van der Waals surface area contributed by atoms with Gasteiger partial charge < -0.3 is 15.5 Å². The third-order valence-corrected chi connectivity index (χ3v) is 3.73. The number of rotatable bonds is 6. The summed E-state index contributed by atoms with van der Waals surface area (Å²) in [5.41, 5.74) is 3.66. The molecule has 0 aliphatic rings. The first-order valence-electron chi connectivity index (χ1n) is 7.98. The third-order valence-electron chi connectivity index (χ3n) is 3.73. The fourth-order valence-corrected chi connectivity index (χ4v) is 2.46. The van der Waals surface area contributed by atoms with E-state index in [9.17, 15) is 9.18 Å². The van der Waals surface area contributed by atoms with E-state index in [1.807, 2.05) is 31.2 Å². The molecule has 24 heavy (non-hydrogen) atoms. The number of halogens is 1. The number of benzene rings is 2. The third kappa shape index (κ3) is 5.26. The van der Waals surface area contributed by atoms with Crippen LogP contribution in [0.4, 0.5) is 14.9 Å². The van der Waals surface area contributed by atoms with Gasteiger partial charge in [-0.3, -0.25) is 0 Å². The van der Waals surface area contributed by atoms with Gasteiger partial charge in [0, 0.05) is 27.2 Å². The summed E-state index contributed by atoms with van der Waals surface area (Å²) < 4.78 is 13.9. The summed E-state index contributed by atoms with van der Waals surface area (Å²) in [4.78, 5) is 13.5. The maximum atomic E-state index is 13.9. The van der Waals surface area contributed by atoms with E-state index in [-0.39, 0.29) is 11.8 Å². The van der Waals surface area contributed by atoms with Crippen LogP contribution < -0.4 is 15.5 Å². The molecule has 0 saturated carbocycles. The van der Waals surface area contributed by atoms with Gasteiger partial charge in [0.05, 0.1) is 5.69 Å². The van der Waals surface area contributed by atoms with Crippen molar-refractivity contribution in [3.63, 3.8) is 0 Å². The van der Waals surface area contributed by atoms with Crippen molar-refractivity contribution < 1.29 is 9.18 Å². The monoisotopic (exact) mass is 329 g/mol. The molecule has 0 aliphatic heterocycles. The maximum absolute atomic E-state index is 13.9. The van der Waals surface area contributed by atoms with Crippen LogP contribution >= 0.6 is 0 Å². The Morgan fingerprint density at radius 1 is 1.08 bits per heavy atom. The first-order chi connectivity index (χ1) is 11.5. The highest BCUT2D eigenvalue weighted by atomic mass is 19.1. The van der Waals surface area contributed by atoms with Crippen LogP contribution in [0.3, 0.4) is 0 Å². The largest absolute Gasteiger partial charge is 0.375 e. The molecule has 4 nitrogen and oxygen atoms in total. The van der Waals surface area contributed by atoms with Gasteiger partial charge in [-0.05, 0) is 36.6 Å². The summed E-state index contributed by atoms with van der Waals surface area (Å²) in [7, 11) is 3.58. The number of aryl methyl sites for hydroxylation is 1. The van der Waals surface area contributed by atoms with Gasteiger partial charge in [-0.1, -0.05) is 35.9 Å². The summed E-state index contributed by atoms with van der Waals surface area (Å²) >= 11 is 0. The van der Waals surface area contributed by atoms with Gasteiger partial charge in [-0.25, -0.2) is 9.18 Å². The van der Waals surface area contributed by atoms with Crippen molar-refractivity contribution in [1.29, 1.82) is 0 Å². The molecule has 0 atom stereocenters. The molecule has 5 heteroatoms. The fraction of sp³-hybridized carbons (Fsp3) is 0.316. The summed E-state index contributed by atoms with van der Waals surface area (Å²) in [6, 6.07) is 12.9. The molecule has 2 rings (SSSR count). The molecule has 128 valence electrons. The van der Waals surface area contributed by atoms with Gasteiger partial charge in [-0.15, -0.1) is 0 Å². The van der Waals surface area contributed by atoms with Gasteiger partial charge in [0.1, 0.15) is 5.82 Å². The molecule has 0 aliphatic carbocycles. The van der Waals surface area contributed by atoms with Crippen LogP contribution in [0.1, 0.15) is 16.7 Å². The average molecular weight is 329 g/mol. The molecule has 0 spiro atoms. The molecule has 0 fully saturated rings. The number of hydrogen-bond donors (Lipinski definition) is 2. The van der Waals surface area contributed by atoms with Gasteiger partial charge in [0.25, 0.3) is 0 Å². The molecule has 0 radical (unpaired) electrons. The Labute approximate surface area is 142 Å². The lowest BCUT2D eigenvalue weighted by Crippen LogP contribution is -2.36. The minimum absolute atomic E-state index is 0.250. The molecular weight excluding hydrogens is 305 g/mol. The van der Waals surface area contributed by atoms with Crippen LogP contribution in [-0.2, 0) is 13.0 Å². The van der Waals surface area contributed by atoms with Crippen molar-refractivity contribution in [3.05, 3.63) is 65.0 Å². The number of nitrogens with one attached hydrogen (secondary N) is 2. The second-order valence-electron chi connectivity index (χ2n) is 6.03. The zero-order valence-electron chi connectivity index (χ0n) is 14.4. The number of urea groups is 1. The van der Waals surface area contributed by atoms with Crippen LogP contribution in [0.5, 0.6) is 0 Å². The Kier molecular flexibility index (Phi) is 6.18. The second kappa shape index (κ2) is 8.34. The van der Waals surface area contributed by atoms with Crippen LogP contribution in [0.15, 0.2) is 42.5 Å². The highest BCUT2D eigenvalue weighted by Gasteiger charge is 2.06. The Bertz CT molecular complexity index is 701. The molecule has 0 aromatic heterocycles. The van der Waals surface area contributed by atoms with E-state index < -0.39 is 0 Å². The molecule has 0 saturated heterocycles. The minimum atomic E-state index is -0.292. The van der Waals surface area contributed by atoms with Crippen molar-refractivity contribution in [2.24, 2.45) is 0 Å². The first-order valence-corrected chi connectivity index (χ1v) is 7.98. The standard InChI is InChI=1S/C19H24FN3O/c1-14-5-4-6-15(11-14)9-10-21-19(24)22-13-16-7-8-18(23(2)3)17(20)12-16/h4-8,11-12H,9-10,13H2,1-3H3,(H2,21,22,24). The molecule has 0 unspecified atom stereocenters. The highest BCUT2D eigenvalue weighted by molar-refractivity contribution is 5.73. The van der Waals surface area contributed by atoms with E-state index in [0.29, 0.717) is 18.8 Å². The maximum Gasteiger partial charge on any atom is 0.315 e. The molecule has 2 aromatic carbocycles. The Morgan fingerprint density at radius 2 is 1.88 bits per heavy atom. The zero-order chi connectivity index (χ0) is 17.5. The lowest BCUT2D eigenvalue weighted by molar-refractivity contribution is 0.240. The molecule has 2 N–H and O–H groups in total. The van der Waals surface area contributed by atoms with Crippen molar-refractivity contribution in [2.75, 3.05) is 25.5 Å². The van der Waals surface area contributed by atoms with E-state index in [0.717, 1.165) is 12.0 Å². The van der Waals surface area contributed by atoms with Crippen LogP contribution in [-0.4, -0.2) is 26.7 Å². The van der Waals surface area contributed by atoms with E-state index in [4.69, 9.17) is 0 Å². The number of carbonyl (C=O) groups is 1. The van der Waals surface area contributed by atoms with E-state index >= 15 is 0 Å². The number of nitrogens with zero attached hydrogens (tertiary/aromatic N) is 1. The SMILES string of the molecule is Cc1cccc(CCNC(=O)NCc2ccc(N(C)C)c(F)c2)c1. The predicted molar refractivity (Wildman–Crippen MR) is 95.8 cm³/mol. The summed E-state index contributed by atoms with van der Waals surface area (Å²) in [5.74, 6) is -0.292. The zero-order valence-corrected chi connectivity index (χ0v) is 14.4. The van der Waals surface area contributed by atoms with E-state index in [1.165, 1.54) is 17.2 Å². The quantitative estimate of drug-likeness (QED) is 0.854. The lowest BCUT2D eigenvalue weighted by Gasteiger charge is -2.14. The summed E-state index contributed by atoms with van der Waals surface area (Å²) in [6.07, 6.45) is 0.779. The summed E-state index contributed by atoms with van der Waals surface area (Å²) in [6.45, 7) is 2.90. The Hall–Kier alpha value is -2.56. The van der Waals surface area contributed by atoms with Crippen molar-refractivity contribution in [2.45, 2.75) is 19.9 Å². The van der Waals surface area contributed by atoms with Gasteiger partial charge >= 0.3 is 6.03 Å². The normalized spacial score (nSPS) is 10.3. The molecule has 0 bridgehead atoms. The summed E-state index contributed by atoms with van der Waals surface area (Å²) in [5, 5.41) is 5.56. The van der Waals surface area contributed by atoms with Crippen LogP contribution in [0, 0.1) is 12.7 Å². The molecule has 2 amide bonds. The van der Waals surface area contributed by atoms with E-state index in [1.54, 1.807) is 25.1 Å². The second-order valence-corrected chi connectivity index (χ2v) is 6.03. The predicted octanol–water partition coefficient (Wildman–Crippen LogP) is 3.24.